The Morgan fingerprint density at radius 3 is 2.34 bits per heavy atom. The van der Waals surface area contributed by atoms with Crippen molar-refractivity contribution < 1.29 is 32.1 Å². The molecule has 1 fully saturated rings. The zero-order valence-electron chi connectivity index (χ0n) is 17.3. The minimum Gasteiger partial charge on any atom is -0.466 e. The maximum Gasteiger partial charge on any atom is 0.416 e. The minimum atomic E-state index is -4.69. The molecule has 3 rings (SSSR count). The van der Waals surface area contributed by atoms with Crippen molar-refractivity contribution in [1.29, 1.82) is 0 Å². The molecule has 2 amide bonds. The van der Waals surface area contributed by atoms with Gasteiger partial charge in [-0.25, -0.2) is 0 Å². The van der Waals surface area contributed by atoms with Crippen molar-refractivity contribution in [2.24, 2.45) is 5.92 Å². The van der Waals surface area contributed by atoms with Crippen LogP contribution in [-0.2, 0) is 11.0 Å². The molecule has 12 heteroatoms. The van der Waals surface area contributed by atoms with E-state index in [1.54, 1.807) is 24.8 Å². The number of nitrogens with one attached hydrogen (secondary N) is 2. The molecule has 9 nitrogen and oxygen atoms in total. The number of nitro groups is 1. The fourth-order valence-electron chi connectivity index (χ4n) is 3.64. The Morgan fingerprint density at radius 1 is 1.16 bits per heavy atom. The first-order valence-corrected chi connectivity index (χ1v) is 9.75. The first kappa shape index (κ1) is 23.1. The molecule has 1 aromatic heterocycles. The van der Waals surface area contributed by atoms with E-state index < -0.39 is 40.1 Å². The molecule has 2 heterocycles. The summed E-state index contributed by atoms with van der Waals surface area (Å²) in [6.45, 7) is 3.79. The monoisotopic (exact) mass is 454 g/mol. The molecule has 0 saturated carbocycles. The number of piperidine rings is 1. The Hall–Kier alpha value is -3.57. The largest absolute Gasteiger partial charge is 0.466 e. The Bertz CT molecular complexity index is 1040. The van der Waals surface area contributed by atoms with E-state index in [0.29, 0.717) is 36.0 Å². The third-order valence-corrected chi connectivity index (χ3v) is 5.29. The maximum absolute atomic E-state index is 12.9. The van der Waals surface area contributed by atoms with Crippen molar-refractivity contribution in [2.75, 3.05) is 18.0 Å². The number of hydrogen-bond acceptors (Lipinski definition) is 6. The number of carbonyl (C=O) groups is 2. The molecule has 0 atom stereocenters. The predicted octanol–water partition coefficient (Wildman–Crippen LogP) is 3.50. The van der Waals surface area contributed by atoms with E-state index in [2.05, 4.69) is 10.9 Å². The van der Waals surface area contributed by atoms with Crippen LogP contribution < -0.4 is 15.8 Å². The second-order valence-corrected chi connectivity index (χ2v) is 7.49. The van der Waals surface area contributed by atoms with Crippen molar-refractivity contribution in [3.8, 4) is 0 Å². The summed E-state index contributed by atoms with van der Waals surface area (Å²) in [5.74, 6) is -0.431. The topological polar surface area (TPSA) is 118 Å². The van der Waals surface area contributed by atoms with E-state index in [9.17, 15) is 32.9 Å². The quantitative estimate of drug-likeness (QED) is 0.539. The molecule has 0 aliphatic carbocycles. The van der Waals surface area contributed by atoms with E-state index in [1.807, 2.05) is 0 Å². The number of nitrogens with zero attached hydrogens (tertiary/aromatic N) is 2. The summed E-state index contributed by atoms with van der Waals surface area (Å²) >= 11 is 0. The van der Waals surface area contributed by atoms with Gasteiger partial charge >= 0.3 is 6.18 Å². The third kappa shape index (κ3) is 5.01. The highest BCUT2D eigenvalue weighted by molar-refractivity contribution is 5.96. The summed E-state index contributed by atoms with van der Waals surface area (Å²) in [6.07, 6.45) is -4.07. The SMILES string of the molecule is Cc1cc(C(=O)NNC(=O)C2CCN(c3ccc(C(F)(F)F)cc3[N+](=O)[O-])CC2)c(C)o1. The van der Waals surface area contributed by atoms with Crippen molar-refractivity contribution >= 4 is 23.2 Å². The van der Waals surface area contributed by atoms with Crippen LogP contribution in [0.2, 0.25) is 0 Å². The van der Waals surface area contributed by atoms with Gasteiger partial charge in [0.25, 0.3) is 11.6 Å². The highest BCUT2D eigenvalue weighted by Gasteiger charge is 2.35. The number of halogens is 3. The molecule has 0 radical (unpaired) electrons. The minimum absolute atomic E-state index is 0.0703. The number of hydrazine groups is 1. The fraction of sp³-hybridized carbons (Fsp3) is 0.400. The van der Waals surface area contributed by atoms with Crippen LogP contribution in [0.25, 0.3) is 0 Å². The summed E-state index contributed by atoms with van der Waals surface area (Å²) in [5.41, 5.74) is 3.33. The van der Waals surface area contributed by atoms with Crippen molar-refractivity contribution in [3.05, 3.63) is 57.0 Å². The van der Waals surface area contributed by atoms with Gasteiger partial charge in [-0.15, -0.1) is 0 Å². The first-order chi connectivity index (χ1) is 15.0. The van der Waals surface area contributed by atoms with Gasteiger partial charge in [0.05, 0.1) is 16.1 Å². The highest BCUT2D eigenvalue weighted by atomic mass is 19.4. The lowest BCUT2D eigenvalue weighted by atomic mass is 9.95. The van der Waals surface area contributed by atoms with Crippen molar-refractivity contribution in [3.63, 3.8) is 0 Å². The summed E-state index contributed by atoms with van der Waals surface area (Å²) in [5, 5.41) is 11.3. The van der Waals surface area contributed by atoms with E-state index in [0.717, 1.165) is 12.1 Å². The van der Waals surface area contributed by atoms with Gasteiger partial charge in [0.2, 0.25) is 5.91 Å². The van der Waals surface area contributed by atoms with Crippen LogP contribution in [0.1, 0.15) is 40.3 Å². The number of anilines is 1. The molecule has 1 aliphatic heterocycles. The van der Waals surface area contributed by atoms with Gasteiger partial charge in [-0.05, 0) is 44.9 Å². The molecule has 2 N–H and O–H groups in total. The van der Waals surface area contributed by atoms with Crippen LogP contribution in [0.3, 0.4) is 0 Å². The number of rotatable bonds is 4. The first-order valence-electron chi connectivity index (χ1n) is 9.75. The summed E-state index contributed by atoms with van der Waals surface area (Å²) in [7, 11) is 0. The Labute approximate surface area is 180 Å². The molecular weight excluding hydrogens is 433 g/mol. The number of furan rings is 1. The van der Waals surface area contributed by atoms with Crippen LogP contribution in [0, 0.1) is 29.9 Å². The molecule has 1 saturated heterocycles. The Balaban J connectivity index is 1.60. The number of amides is 2. The molecule has 172 valence electrons. The van der Waals surface area contributed by atoms with Crippen LogP contribution in [0.5, 0.6) is 0 Å². The van der Waals surface area contributed by atoms with E-state index in [4.69, 9.17) is 4.42 Å². The lowest BCUT2D eigenvalue weighted by molar-refractivity contribution is -0.384. The fourth-order valence-corrected chi connectivity index (χ4v) is 3.64. The second-order valence-electron chi connectivity index (χ2n) is 7.49. The lowest BCUT2D eigenvalue weighted by Crippen LogP contribution is -2.47. The molecule has 0 spiro atoms. The highest BCUT2D eigenvalue weighted by Crippen LogP contribution is 2.37. The summed E-state index contributed by atoms with van der Waals surface area (Å²) in [4.78, 5) is 36.6. The zero-order chi connectivity index (χ0) is 23.6. The van der Waals surface area contributed by atoms with Gasteiger partial charge in [0, 0.05) is 25.1 Å². The number of carbonyl (C=O) groups excluding carboxylic acids is 2. The normalized spacial score (nSPS) is 14.8. The molecule has 1 aromatic carbocycles. The van der Waals surface area contributed by atoms with Crippen LogP contribution in [0.15, 0.2) is 28.7 Å². The van der Waals surface area contributed by atoms with Gasteiger partial charge < -0.3 is 9.32 Å². The maximum atomic E-state index is 12.9. The summed E-state index contributed by atoms with van der Waals surface area (Å²) < 4.78 is 43.9. The zero-order valence-corrected chi connectivity index (χ0v) is 17.3. The number of aryl methyl sites for hydroxylation is 2. The lowest BCUT2D eigenvalue weighted by Gasteiger charge is -2.32. The number of alkyl halides is 3. The summed E-state index contributed by atoms with van der Waals surface area (Å²) in [6, 6.07) is 3.95. The molecule has 0 unspecified atom stereocenters. The Morgan fingerprint density at radius 2 is 1.81 bits per heavy atom. The van der Waals surface area contributed by atoms with Crippen LogP contribution in [-0.4, -0.2) is 29.8 Å². The third-order valence-electron chi connectivity index (χ3n) is 5.29. The molecular formula is C20H21F3N4O5. The molecule has 0 bridgehead atoms. The predicted molar refractivity (Wildman–Crippen MR) is 107 cm³/mol. The number of nitro benzene ring substituents is 1. The van der Waals surface area contributed by atoms with Gasteiger partial charge in [-0.3, -0.25) is 30.6 Å². The van der Waals surface area contributed by atoms with Gasteiger partial charge in [0.15, 0.2) is 0 Å². The van der Waals surface area contributed by atoms with Crippen molar-refractivity contribution in [2.45, 2.75) is 32.9 Å². The van der Waals surface area contributed by atoms with Gasteiger partial charge in [-0.2, -0.15) is 13.2 Å². The van der Waals surface area contributed by atoms with Crippen molar-refractivity contribution in [1.82, 2.24) is 10.9 Å². The van der Waals surface area contributed by atoms with Gasteiger partial charge in [0.1, 0.15) is 17.2 Å². The van der Waals surface area contributed by atoms with E-state index in [-0.39, 0.29) is 18.8 Å². The van der Waals surface area contributed by atoms with Crippen LogP contribution in [0.4, 0.5) is 24.5 Å². The molecule has 32 heavy (non-hydrogen) atoms. The smallest absolute Gasteiger partial charge is 0.416 e. The average molecular weight is 454 g/mol. The van der Waals surface area contributed by atoms with Crippen LogP contribution >= 0.6 is 0 Å². The van der Waals surface area contributed by atoms with Gasteiger partial charge in [-0.1, -0.05) is 0 Å². The Kier molecular flexibility index (Phi) is 6.42. The number of benzene rings is 1. The average Bonchev–Trinajstić information content (AvgIpc) is 3.08. The van der Waals surface area contributed by atoms with E-state index in [1.165, 1.54) is 0 Å². The van der Waals surface area contributed by atoms with E-state index >= 15 is 0 Å². The standard InChI is InChI=1S/C20H21F3N4O5/c1-11-9-15(12(2)32-11)19(29)25-24-18(28)13-5-7-26(8-6-13)16-4-3-14(20(21,22)23)10-17(16)27(30)31/h3-4,9-10,13H,5-8H2,1-2H3,(H,24,28)(H,25,29). The second kappa shape index (κ2) is 8.89. The molecule has 1 aliphatic rings. The molecule has 2 aromatic rings. The number of hydrogen-bond donors (Lipinski definition) is 2.